The summed E-state index contributed by atoms with van der Waals surface area (Å²) in [7, 11) is 0. The highest BCUT2D eigenvalue weighted by Gasteiger charge is 2.25. The molecule has 2 aromatic carbocycles. The summed E-state index contributed by atoms with van der Waals surface area (Å²) in [4.78, 5) is 24.9. The second-order valence-electron chi connectivity index (χ2n) is 5.55. The standard InChI is InChI=1S/C18H20N2O2/c1-12(2)16(17(21)13-8-10-15(19)11-9-13)20-18(22)14-6-4-3-5-7-14/h3-12,16H,19H2,1-2H3,(H,20,22). The average Bonchev–Trinajstić information content (AvgIpc) is 2.53. The molecule has 0 aliphatic heterocycles. The number of benzene rings is 2. The average molecular weight is 296 g/mol. The lowest BCUT2D eigenvalue weighted by Gasteiger charge is -2.21. The van der Waals surface area contributed by atoms with Crippen LogP contribution in [0.25, 0.3) is 0 Å². The fourth-order valence-electron chi connectivity index (χ4n) is 2.18. The Kier molecular flexibility index (Phi) is 4.94. The van der Waals surface area contributed by atoms with Gasteiger partial charge in [-0.3, -0.25) is 9.59 Å². The summed E-state index contributed by atoms with van der Waals surface area (Å²) in [5, 5.41) is 2.83. The Morgan fingerprint density at radius 1 is 0.909 bits per heavy atom. The molecule has 0 aliphatic rings. The number of anilines is 1. The monoisotopic (exact) mass is 296 g/mol. The smallest absolute Gasteiger partial charge is 0.251 e. The van der Waals surface area contributed by atoms with Gasteiger partial charge >= 0.3 is 0 Å². The number of carbonyl (C=O) groups is 2. The Hall–Kier alpha value is -2.62. The molecular weight excluding hydrogens is 276 g/mol. The van der Waals surface area contributed by atoms with Gasteiger partial charge in [0.05, 0.1) is 6.04 Å². The molecule has 2 aromatic rings. The number of Topliss-reactive ketones (excluding diaryl/α,β-unsaturated/α-hetero) is 1. The Bertz CT molecular complexity index is 649. The lowest BCUT2D eigenvalue weighted by molar-refractivity contribution is 0.0831. The van der Waals surface area contributed by atoms with Gasteiger partial charge < -0.3 is 11.1 Å². The molecule has 0 spiro atoms. The van der Waals surface area contributed by atoms with Gasteiger partial charge in [0.25, 0.3) is 5.91 Å². The van der Waals surface area contributed by atoms with E-state index >= 15 is 0 Å². The van der Waals surface area contributed by atoms with Crippen molar-refractivity contribution in [2.24, 2.45) is 5.92 Å². The van der Waals surface area contributed by atoms with E-state index in [4.69, 9.17) is 5.73 Å². The van der Waals surface area contributed by atoms with Crippen molar-refractivity contribution in [2.75, 3.05) is 5.73 Å². The predicted molar refractivity (Wildman–Crippen MR) is 87.7 cm³/mol. The highest BCUT2D eigenvalue weighted by molar-refractivity contribution is 6.04. The molecule has 0 fully saturated rings. The van der Waals surface area contributed by atoms with Crippen LogP contribution in [0, 0.1) is 5.92 Å². The largest absolute Gasteiger partial charge is 0.399 e. The van der Waals surface area contributed by atoms with Gasteiger partial charge in [0.1, 0.15) is 0 Å². The minimum absolute atomic E-state index is 0.0160. The fraction of sp³-hybridized carbons (Fsp3) is 0.222. The lowest BCUT2D eigenvalue weighted by Crippen LogP contribution is -2.44. The van der Waals surface area contributed by atoms with Crippen molar-refractivity contribution in [2.45, 2.75) is 19.9 Å². The van der Waals surface area contributed by atoms with Gasteiger partial charge in [0.2, 0.25) is 0 Å². The van der Waals surface area contributed by atoms with Gasteiger partial charge in [0.15, 0.2) is 5.78 Å². The summed E-state index contributed by atoms with van der Waals surface area (Å²) in [5.74, 6) is -0.375. The molecule has 0 aromatic heterocycles. The summed E-state index contributed by atoms with van der Waals surface area (Å²) in [5.41, 5.74) is 7.32. The number of nitrogen functional groups attached to an aromatic ring is 1. The molecule has 2 rings (SSSR count). The van der Waals surface area contributed by atoms with Gasteiger partial charge in [0, 0.05) is 16.8 Å². The molecule has 0 heterocycles. The number of hydrogen-bond acceptors (Lipinski definition) is 3. The van der Waals surface area contributed by atoms with Gasteiger partial charge in [-0.15, -0.1) is 0 Å². The van der Waals surface area contributed by atoms with E-state index in [0.29, 0.717) is 16.8 Å². The first-order chi connectivity index (χ1) is 10.5. The zero-order chi connectivity index (χ0) is 16.1. The van der Waals surface area contributed by atoms with E-state index in [1.807, 2.05) is 19.9 Å². The number of rotatable bonds is 5. The van der Waals surface area contributed by atoms with Crippen LogP contribution in [-0.4, -0.2) is 17.7 Å². The molecule has 1 unspecified atom stereocenters. The maximum atomic E-state index is 12.6. The fourth-order valence-corrected chi connectivity index (χ4v) is 2.18. The third-order valence-corrected chi connectivity index (χ3v) is 3.47. The van der Waals surface area contributed by atoms with E-state index in [1.54, 1.807) is 48.5 Å². The molecule has 0 radical (unpaired) electrons. The number of nitrogens with one attached hydrogen (secondary N) is 1. The van der Waals surface area contributed by atoms with Crippen molar-refractivity contribution in [1.82, 2.24) is 5.32 Å². The number of hydrogen-bond donors (Lipinski definition) is 2. The Morgan fingerprint density at radius 2 is 1.50 bits per heavy atom. The molecule has 3 N–H and O–H groups in total. The summed E-state index contributed by atoms with van der Waals surface area (Å²) in [6.07, 6.45) is 0. The molecule has 0 aliphatic carbocycles. The van der Waals surface area contributed by atoms with E-state index in [-0.39, 0.29) is 17.6 Å². The van der Waals surface area contributed by atoms with Crippen LogP contribution in [0.5, 0.6) is 0 Å². The summed E-state index contributed by atoms with van der Waals surface area (Å²) in [6.45, 7) is 3.82. The molecule has 22 heavy (non-hydrogen) atoms. The number of nitrogens with two attached hydrogens (primary N) is 1. The number of ketones is 1. The van der Waals surface area contributed by atoms with Crippen molar-refractivity contribution < 1.29 is 9.59 Å². The zero-order valence-corrected chi connectivity index (χ0v) is 12.7. The van der Waals surface area contributed by atoms with Crippen molar-refractivity contribution in [3.8, 4) is 0 Å². The highest BCUT2D eigenvalue weighted by Crippen LogP contribution is 2.13. The third kappa shape index (κ3) is 3.73. The Morgan fingerprint density at radius 3 is 2.05 bits per heavy atom. The van der Waals surface area contributed by atoms with Crippen LogP contribution < -0.4 is 11.1 Å². The summed E-state index contributed by atoms with van der Waals surface area (Å²) < 4.78 is 0. The van der Waals surface area contributed by atoms with Crippen LogP contribution in [0.3, 0.4) is 0 Å². The van der Waals surface area contributed by atoms with E-state index < -0.39 is 6.04 Å². The van der Waals surface area contributed by atoms with Crippen LogP contribution in [0.2, 0.25) is 0 Å². The third-order valence-electron chi connectivity index (χ3n) is 3.47. The summed E-state index contributed by atoms with van der Waals surface area (Å²) >= 11 is 0. The van der Waals surface area contributed by atoms with Gasteiger partial charge in [-0.2, -0.15) is 0 Å². The number of carbonyl (C=O) groups excluding carboxylic acids is 2. The predicted octanol–water partition coefficient (Wildman–Crippen LogP) is 2.91. The first kappa shape index (κ1) is 15.8. The first-order valence-electron chi connectivity index (χ1n) is 7.24. The quantitative estimate of drug-likeness (QED) is 0.658. The summed E-state index contributed by atoms with van der Waals surface area (Å²) in [6, 6.07) is 15.0. The molecular formula is C18H20N2O2. The molecule has 0 saturated heterocycles. The first-order valence-corrected chi connectivity index (χ1v) is 7.24. The molecule has 0 saturated carbocycles. The minimum atomic E-state index is -0.573. The van der Waals surface area contributed by atoms with Crippen molar-refractivity contribution >= 4 is 17.4 Å². The van der Waals surface area contributed by atoms with Crippen LogP contribution in [0.4, 0.5) is 5.69 Å². The van der Waals surface area contributed by atoms with E-state index in [9.17, 15) is 9.59 Å². The van der Waals surface area contributed by atoms with Crippen molar-refractivity contribution in [1.29, 1.82) is 0 Å². The maximum absolute atomic E-state index is 12.6. The second-order valence-corrected chi connectivity index (χ2v) is 5.55. The van der Waals surface area contributed by atoms with E-state index in [2.05, 4.69) is 5.32 Å². The minimum Gasteiger partial charge on any atom is -0.399 e. The van der Waals surface area contributed by atoms with E-state index in [0.717, 1.165) is 0 Å². The highest BCUT2D eigenvalue weighted by atomic mass is 16.2. The van der Waals surface area contributed by atoms with Gasteiger partial charge in [-0.1, -0.05) is 32.0 Å². The Balaban J connectivity index is 2.18. The molecule has 1 amide bonds. The topological polar surface area (TPSA) is 72.2 Å². The van der Waals surface area contributed by atoms with Crippen LogP contribution in [-0.2, 0) is 0 Å². The molecule has 114 valence electrons. The SMILES string of the molecule is CC(C)C(NC(=O)c1ccccc1)C(=O)c1ccc(N)cc1. The molecule has 0 bridgehead atoms. The zero-order valence-electron chi connectivity index (χ0n) is 12.7. The maximum Gasteiger partial charge on any atom is 0.251 e. The molecule has 1 atom stereocenters. The molecule has 4 heteroatoms. The second kappa shape index (κ2) is 6.89. The Labute approximate surface area is 130 Å². The molecule has 4 nitrogen and oxygen atoms in total. The van der Waals surface area contributed by atoms with Crippen LogP contribution in [0.1, 0.15) is 34.6 Å². The number of amides is 1. The lowest BCUT2D eigenvalue weighted by atomic mass is 9.94. The van der Waals surface area contributed by atoms with Gasteiger partial charge in [-0.05, 0) is 42.3 Å². The van der Waals surface area contributed by atoms with Crippen LogP contribution >= 0.6 is 0 Å². The van der Waals surface area contributed by atoms with E-state index in [1.165, 1.54) is 0 Å². The van der Waals surface area contributed by atoms with Crippen LogP contribution in [0.15, 0.2) is 54.6 Å². The normalized spacial score (nSPS) is 12.0. The van der Waals surface area contributed by atoms with Gasteiger partial charge in [-0.25, -0.2) is 0 Å². The van der Waals surface area contributed by atoms with Crippen molar-refractivity contribution in [3.05, 3.63) is 65.7 Å². The van der Waals surface area contributed by atoms with Crippen molar-refractivity contribution in [3.63, 3.8) is 0 Å².